The van der Waals surface area contributed by atoms with E-state index in [1.165, 1.54) is 0 Å². The van der Waals surface area contributed by atoms with Crippen LogP contribution < -0.4 is 5.32 Å². The van der Waals surface area contributed by atoms with Gasteiger partial charge in [-0.2, -0.15) is 0 Å². The third-order valence-corrected chi connectivity index (χ3v) is 1.65. The van der Waals surface area contributed by atoms with Crippen molar-refractivity contribution in [3.8, 4) is 0 Å². The van der Waals surface area contributed by atoms with Crippen LogP contribution >= 0.6 is 0 Å². The van der Waals surface area contributed by atoms with Crippen molar-refractivity contribution < 1.29 is 19.1 Å². The van der Waals surface area contributed by atoms with Gasteiger partial charge in [-0.15, -0.1) is 0 Å². The molecule has 0 fully saturated rings. The van der Waals surface area contributed by atoms with E-state index in [1.54, 1.807) is 6.07 Å². The van der Waals surface area contributed by atoms with Gasteiger partial charge < -0.3 is 14.8 Å². The van der Waals surface area contributed by atoms with Gasteiger partial charge in [0.2, 0.25) is 0 Å². The first-order valence-corrected chi connectivity index (χ1v) is 4.16. The second-order valence-electron chi connectivity index (χ2n) is 2.82. The molecule has 0 aromatic carbocycles. The molecule has 1 heterocycles. The number of carboxylic acid groups (broad SMARTS) is 1. The van der Waals surface area contributed by atoms with Crippen LogP contribution in [-0.2, 0) is 16.0 Å². The minimum absolute atomic E-state index is 0.262. The SMILES string of the molecule is Cc1ccc(CCNC(=O)C(=O)O)o1. The molecule has 1 aromatic heterocycles. The Labute approximate surface area is 80.7 Å². The highest BCUT2D eigenvalue weighted by Gasteiger charge is 2.09. The molecule has 0 radical (unpaired) electrons. The van der Waals surface area contributed by atoms with Gasteiger partial charge in [0, 0.05) is 13.0 Å². The topological polar surface area (TPSA) is 79.5 Å². The Bertz CT molecular complexity index is 342. The number of rotatable bonds is 3. The molecule has 0 atom stereocenters. The Hall–Kier alpha value is -1.78. The van der Waals surface area contributed by atoms with Crippen molar-refractivity contribution in [2.45, 2.75) is 13.3 Å². The Balaban J connectivity index is 2.29. The van der Waals surface area contributed by atoms with Crippen LogP contribution in [0.1, 0.15) is 11.5 Å². The minimum atomic E-state index is -1.47. The standard InChI is InChI=1S/C9H11NO4/c1-6-2-3-7(14-6)4-5-10-8(11)9(12)13/h2-3H,4-5H2,1H3,(H,10,11)(H,12,13). The highest BCUT2D eigenvalue weighted by atomic mass is 16.4. The molecule has 0 unspecified atom stereocenters. The molecule has 0 spiro atoms. The molecule has 5 heteroatoms. The molecule has 0 bridgehead atoms. The second-order valence-corrected chi connectivity index (χ2v) is 2.82. The summed E-state index contributed by atoms with van der Waals surface area (Å²) in [6.45, 7) is 2.08. The van der Waals surface area contributed by atoms with Gasteiger partial charge in [-0.05, 0) is 19.1 Å². The number of nitrogens with one attached hydrogen (secondary N) is 1. The van der Waals surface area contributed by atoms with E-state index in [0.29, 0.717) is 6.42 Å². The quantitative estimate of drug-likeness (QED) is 0.684. The van der Waals surface area contributed by atoms with E-state index in [9.17, 15) is 9.59 Å². The lowest BCUT2D eigenvalue weighted by Gasteiger charge is -1.98. The number of hydrogen-bond acceptors (Lipinski definition) is 3. The van der Waals surface area contributed by atoms with E-state index < -0.39 is 11.9 Å². The van der Waals surface area contributed by atoms with Crippen molar-refractivity contribution in [3.63, 3.8) is 0 Å². The van der Waals surface area contributed by atoms with E-state index in [1.807, 2.05) is 13.0 Å². The molecule has 0 saturated carbocycles. The van der Waals surface area contributed by atoms with Crippen molar-refractivity contribution >= 4 is 11.9 Å². The third kappa shape index (κ3) is 2.93. The maximum Gasteiger partial charge on any atom is 0.394 e. The largest absolute Gasteiger partial charge is 0.474 e. The van der Waals surface area contributed by atoms with Gasteiger partial charge in [-0.3, -0.25) is 4.79 Å². The first kappa shape index (κ1) is 10.3. The molecular formula is C9H11NO4. The number of aliphatic carboxylic acids is 1. The summed E-state index contributed by atoms with van der Waals surface area (Å²) >= 11 is 0. The molecule has 0 saturated heterocycles. The van der Waals surface area contributed by atoms with Gasteiger partial charge in [-0.1, -0.05) is 0 Å². The molecule has 76 valence electrons. The Morgan fingerprint density at radius 2 is 2.21 bits per heavy atom. The first-order valence-electron chi connectivity index (χ1n) is 4.16. The molecular weight excluding hydrogens is 186 g/mol. The number of furan rings is 1. The minimum Gasteiger partial charge on any atom is -0.474 e. The van der Waals surface area contributed by atoms with Crippen LogP contribution in [0.4, 0.5) is 0 Å². The summed E-state index contributed by atoms with van der Waals surface area (Å²) in [4.78, 5) is 20.7. The van der Waals surface area contributed by atoms with Crippen LogP contribution in [0, 0.1) is 6.92 Å². The summed E-state index contributed by atoms with van der Waals surface area (Å²) in [5, 5.41) is 10.5. The lowest BCUT2D eigenvalue weighted by atomic mass is 10.3. The Kier molecular flexibility index (Phi) is 3.28. The summed E-state index contributed by atoms with van der Waals surface area (Å²) in [7, 11) is 0. The van der Waals surface area contributed by atoms with Crippen molar-refractivity contribution in [2.24, 2.45) is 0 Å². The smallest absolute Gasteiger partial charge is 0.394 e. The van der Waals surface area contributed by atoms with Gasteiger partial charge in [0.05, 0.1) is 0 Å². The third-order valence-electron chi connectivity index (χ3n) is 1.65. The number of aryl methyl sites for hydroxylation is 1. The summed E-state index contributed by atoms with van der Waals surface area (Å²) in [6, 6.07) is 3.61. The number of hydrogen-bond donors (Lipinski definition) is 2. The molecule has 0 aliphatic heterocycles. The van der Waals surface area contributed by atoms with Gasteiger partial charge in [0.25, 0.3) is 0 Å². The highest BCUT2D eigenvalue weighted by Crippen LogP contribution is 2.05. The zero-order valence-electron chi connectivity index (χ0n) is 7.74. The summed E-state index contributed by atoms with van der Waals surface area (Å²) < 4.78 is 5.23. The zero-order valence-corrected chi connectivity index (χ0v) is 7.74. The average Bonchev–Trinajstić information content (AvgIpc) is 2.51. The van der Waals surface area contributed by atoms with Gasteiger partial charge in [0.15, 0.2) is 0 Å². The predicted molar refractivity (Wildman–Crippen MR) is 47.8 cm³/mol. The molecule has 5 nitrogen and oxygen atoms in total. The maximum atomic E-state index is 10.6. The molecule has 2 N–H and O–H groups in total. The van der Waals surface area contributed by atoms with E-state index >= 15 is 0 Å². The normalized spacial score (nSPS) is 9.79. The van der Waals surface area contributed by atoms with Crippen molar-refractivity contribution in [1.29, 1.82) is 0 Å². The van der Waals surface area contributed by atoms with Crippen LogP contribution in [0.3, 0.4) is 0 Å². The fourth-order valence-electron chi connectivity index (χ4n) is 0.994. The lowest BCUT2D eigenvalue weighted by Crippen LogP contribution is -2.32. The summed E-state index contributed by atoms with van der Waals surface area (Å²) in [5.41, 5.74) is 0. The van der Waals surface area contributed by atoms with Crippen molar-refractivity contribution in [1.82, 2.24) is 5.32 Å². The number of carbonyl (C=O) groups is 2. The van der Waals surface area contributed by atoms with Crippen LogP contribution in [0.2, 0.25) is 0 Å². The van der Waals surface area contributed by atoms with Gasteiger partial charge in [-0.25, -0.2) is 4.79 Å². The van der Waals surface area contributed by atoms with Crippen LogP contribution in [-0.4, -0.2) is 23.5 Å². The van der Waals surface area contributed by atoms with E-state index in [2.05, 4.69) is 5.32 Å². The Morgan fingerprint density at radius 3 is 2.71 bits per heavy atom. The van der Waals surface area contributed by atoms with Crippen LogP contribution in [0.5, 0.6) is 0 Å². The van der Waals surface area contributed by atoms with Gasteiger partial charge in [0.1, 0.15) is 11.5 Å². The van der Waals surface area contributed by atoms with Crippen LogP contribution in [0.15, 0.2) is 16.5 Å². The zero-order chi connectivity index (χ0) is 10.6. The first-order chi connectivity index (χ1) is 6.59. The summed E-state index contributed by atoms with van der Waals surface area (Å²) in [5.74, 6) is -0.938. The van der Waals surface area contributed by atoms with E-state index in [4.69, 9.17) is 9.52 Å². The fraction of sp³-hybridized carbons (Fsp3) is 0.333. The molecule has 14 heavy (non-hydrogen) atoms. The van der Waals surface area contributed by atoms with Gasteiger partial charge >= 0.3 is 11.9 Å². The number of carboxylic acids is 1. The van der Waals surface area contributed by atoms with Crippen molar-refractivity contribution in [2.75, 3.05) is 6.54 Å². The maximum absolute atomic E-state index is 10.6. The number of carbonyl (C=O) groups excluding carboxylic acids is 1. The van der Waals surface area contributed by atoms with Crippen molar-refractivity contribution in [3.05, 3.63) is 23.7 Å². The lowest BCUT2D eigenvalue weighted by molar-refractivity contribution is -0.150. The highest BCUT2D eigenvalue weighted by molar-refractivity contribution is 6.31. The number of amides is 1. The predicted octanol–water partition coefficient (Wildman–Crippen LogP) is 0.331. The second kappa shape index (κ2) is 4.45. The fourth-order valence-corrected chi connectivity index (χ4v) is 0.994. The summed E-state index contributed by atoms with van der Waals surface area (Å²) in [6.07, 6.45) is 0.493. The molecule has 1 rings (SSSR count). The molecule has 1 amide bonds. The molecule has 0 aliphatic carbocycles. The van der Waals surface area contributed by atoms with Crippen LogP contribution in [0.25, 0.3) is 0 Å². The molecule has 1 aromatic rings. The van der Waals surface area contributed by atoms with E-state index in [0.717, 1.165) is 11.5 Å². The molecule has 0 aliphatic rings. The van der Waals surface area contributed by atoms with E-state index in [-0.39, 0.29) is 6.54 Å². The average molecular weight is 197 g/mol. The monoisotopic (exact) mass is 197 g/mol. The Morgan fingerprint density at radius 1 is 1.50 bits per heavy atom.